The molecule has 1 aromatic rings. The fraction of sp³-hybridized carbons (Fsp3) is 0.462. The maximum absolute atomic E-state index is 13.6. The van der Waals surface area contributed by atoms with E-state index >= 15 is 0 Å². The Morgan fingerprint density at radius 3 is 2.61 bits per heavy atom. The first kappa shape index (κ1) is 14.4. The van der Waals surface area contributed by atoms with E-state index in [1.807, 2.05) is 0 Å². The normalized spacial score (nSPS) is 13.2. The molecule has 0 radical (unpaired) electrons. The third-order valence-corrected chi connectivity index (χ3v) is 2.98. The van der Waals surface area contributed by atoms with Gasteiger partial charge in [-0.05, 0) is 23.1 Å². The van der Waals surface area contributed by atoms with Crippen LogP contribution >= 0.6 is 0 Å². The number of hydrogen-bond donors (Lipinski definition) is 2. The Kier molecular flexibility index (Phi) is 4.29. The molecule has 0 aliphatic heterocycles. The summed E-state index contributed by atoms with van der Waals surface area (Å²) in [5.74, 6) is -1.29. The molecular weight excluding hydrogens is 237 g/mol. The first-order chi connectivity index (χ1) is 8.27. The summed E-state index contributed by atoms with van der Waals surface area (Å²) in [5.41, 5.74) is 5.91. The average Bonchev–Trinajstić information content (AvgIpc) is 2.26. The number of benzene rings is 1. The van der Waals surface area contributed by atoms with Crippen LogP contribution in [0.15, 0.2) is 18.2 Å². The zero-order valence-corrected chi connectivity index (χ0v) is 10.7. The Morgan fingerprint density at radius 1 is 1.56 bits per heavy atom. The van der Waals surface area contributed by atoms with Gasteiger partial charge in [-0.2, -0.15) is 0 Å². The van der Waals surface area contributed by atoms with Crippen molar-refractivity contribution in [3.05, 3.63) is 29.6 Å². The highest BCUT2D eigenvalue weighted by atomic mass is 19.1. The van der Waals surface area contributed by atoms with E-state index in [2.05, 4.69) is 0 Å². The first-order valence-corrected chi connectivity index (χ1v) is 5.58. The van der Waals surface area contributed by atoms with Crippen molar-refractivity contribution in [1.29, 1.82) is 0 Å². The van der Waals surface area contributed by atoms with Gasteiger partial charge in [0.05, 0.1) is 13.5 Å². The Bertz CT molecular complexity index is 446. The molecule has 1 rings (SSSR count). The minimum atomic E-state index is -0.926. The molecule has 5 heteroatoms. The van der Waals surface area contributed by atoms with E-state index in [9.17, 15) is 9.18 Å². The molecule has 0 aromatic heterocycles. The predicted molar refractivity (Wildman–Crippen MR) is 65.9 cm³/mol. The number of ether oxygens (including phenoxy) is 1. The second-order valence-electron chi connectivity index (χ2n) is 4.93. The maximum Gasteiger partial charge on any atom is 0.303 e. The van der Waals surface area contributed by atoms with Crippen LogP contribution in [-0.2, 0) is 4.79 Å². The van der Waals surface area contributed by atoms with Crippen molar-refractivity contribution in [2.75, 3.05) is 7.11 Å². The van der Waals surface area contributed by atoms with E-state index < -0.39 is 23.2 Å². The fourth-order valence-electron chi connectivity index (χ4n) is 1.83. The molecule has 18 heavy (non-hydrogen) atoms. The minimum absolute atomic E-state index is 0.0815. The van der Waals surface area contributed by atoms with Crippen molar-refractivity contribution in [3.8, 4) is 5.75 Å². The molecule has 0 aliphatic carbocycles. The molecule has 3 N–H and O–H groups in total. The second kappa shape index (κ2) is 5.35. The first-order valence-electron chi connectivity index (χ1n) is 5.58. The maximum atomic E-state index is 13.6. The number of carbonyl (C=O) groups is 1. The Labute approximate surface area is 106 Å². The van der Waals surface area contributed by atoms with Crippen LogP contribution in [0.25, 0.3) is 0 Å². The molecule has 0 spiro atoms. The highest BCUT2D eigenvalue weighted by molar-refractivity contribution is 5.67. The molecule has 0 bridgehead atoms. The van der Waals surface area contributed by atoms with Crippen LogP contribution in [-0.4, -0.2) is 18.2 Å². The van der Waals surface area contributed by atoms with Crippen molar-refractivity contribution in [3.63, 3.8) is 0 Å². The minimum Gasteiger partial charge on any atom is -0.494 e. The lowest BCUT2D eigenvalue weighted by Gasteiger charge is -2.30. The van der Waals surface area contributed by atoms with Gasteiger partial charge in [0.15, 0.2) is 11.6 Å². The van der Waals surface area contributed by atoms with E-state index in [4.69, 9.17) is 15.6 Å². The predicted octanol–water partition coefficient (Wildman–Crippen LogP) is 2.33. The average molecular weight is 255 g/mol. The zero-order valence-electron chi connectivity index (χ0n) is 10.7. The summed E-state index contributed by atoms with van der Waals surface area (Å²) >= 11 is 0. The van der Waals surface area contributed by atoms with Gasteiger partial charge in [-0.15, -0.1) is 0 Å². The van der Waals surface area contributed by atoms with Gasteiger partial charge in [0.2, 0.25) is 0 Å². The zero-order chi connectivity index (χ0) is 13.9. The molecule has 0 heterocycles. The monoisotopic (exact) mass is 255 g/mol. The van der Waals surface area contributed by atoms with Gasteiger partial charge in [0.1, 0.15) is 0 Å². The third-order valence-electron chi connectivity index (χ3n) is 2.98. The highest BCUT2D eigenvalue weighted by Gasteiger charge is 2.30. The van der Waals surface area contributed by atoms with Gasteiger partial charge < -0.3 is 15.6 Å². The van der Waals surface area contributed by atoms with Crippen LogP contribution in [0.5, 0.6) is 5.75 Å². The van der Waals surface area contributed by atoms with Gasteiger partial charge in [-0.1, -0.05) is 19.9 Å². The van der Waals surface area contributed by atoms with Crippen LogP contribution in [0.1, 0.15) is 31.9 Å². The van der Waals surface area contributed by atoms with Gasteiger partial charge >= 0.3 is 5.97 Å². The van der Waals surface area contributed by atoms with Crippen LogP contribution in [0.3, 0.4) is 0 Å². The number of methoxy groups -OCH3 is 1. The molecule has 100 valence electrons. The molecule has 0 fully saturated rings. The molecule has 1 aromatic carbocycles. The fourth-order valence-corrected chi connectivity index (χ4v) is 1.83. The van der Waals surface area contributed by atoms with E-state index in [1.54, 1.807) is 19.9 Å². The molecule has 0 saturated carbocycles. The van der Waals surface area contributed by atoms with E-state index in [1.165, 1.54) is 19.2 Å². The SMILES string of the molecule is COc1ccc(C(N)C(C)(C)CC(=O)O)cc1F. The van der Waals surface area contributed by atoms with Crippen LogP contribution in [0.2, 0.25) is 0 Å². The number of aliphatic carboxylic acids is 1. The van der Waals surface area contributed by atoms with Crippen molar-refractivity contribution in [2.45, 2.75) is 26.3 Å². The molecule has 0 aliphatic rings. The Hall–Kier alpha value is -1.62. The molecular formula is C13H18FNO3. The number of carboxylic acid groups (broad SMARTS) is 1. The lowest BCUT2D eigenvalue weighted by molar-refractivity contribution is -0.139. The Balaban J connectivity index is 2.99. The Morgan fingerprint density at radius 2 is 2.17 bits per heavy atom. The van der Waals surface area contributed by atoms with Crippen molar-refractivity contribution < 1.29 is 19.0 Å². The largest absolute Gasteiger partial charge is 0.494 e. The topological polar surface area (TPSA) is 72.5 Å². The number of rotatable bonds is 5. The van der Waals surface area contributed by atoms with Gasteiger partial charge in [-0.25, -0.2) is 4.39 Å². The van der Waals surface area contributed by atoms with Crippen LogP contribution in [0.4, 0.5) is 4.39 Å². The van der Waals surface area contributed by atoms with Crippen molar-refractivity contribution >= 4 is 5.97 Å². The summed E-state index contributed by atoms with van der Waals surface area (Å²) in [6.45, 7) is 3.49. The number of hydrogen-bond acceptors (Lipinski definition) is 3. The lowest BCUT2D eigenvalue weighted by Crippen LogP contribution is -2.31. The molecule has 0 saturated heterocycles. The van der Waals surface area contributed by atoms with E-state index in [-0.39, 0.29) is 12.2 Å². The summed E-state index contributed by atoms with van der Waals surface area (Å²) < 4.78 is 18.4. The lowest BCUT2D eigenvalue weighted by atomic mass is 9.78. The summed E-state index contributed by atoms with van der Waals surface area (Å²) in [5, 5.41) is 8.83. The summed E-state index contributed by atoms with van der Waals surface area (Å²) in [6.07, 6.45) is -0.0815. The van der Waals surface area contributed by atoms with Gasteiger partial charge in [0.25, 0.3) is 0 Å². The highest BCUT2D eigenvalue weighted by Crippen LogP contribution is 2.35. The standard InChI is InChI=1S/C13H18FNO3/c1-13(2,7-11(16)17)12(15)8-4-5-10(18-3)9(14)6-8/h4-6,12H,7,15H2,1-3H3,(H,16,17). The number of carboxylic acids is 1. The van der Waals surface area contributed by atoms with E-state index in [0.29, 0.717) is 5.56 Å². The summed E-state index contributed by atoms with van der Waals surface area (Å²) in [4.78, 5) is 10.8. The van der Waals surface area contributed by atoms with E-state index in [0.717, 1.165) is 0 Å². The number of nitrogens with two attached hydrogens (primary N) is 1. The third kappa shape index (κ3) is 3.20. The molecule has 4 nitrogen and oxygen atoms in total. The molecule has 1 unspecified atom stereocenters. The molecule has 1 atom stereocenters. The molecule has 0 amide bonds. The van der Waals surface area contributed by atoms with Crippen LogP contribution in [0, 0.1) is 11.2 Å². The van der Waals surface area contributed by atoms with Gasteiger partial charge in [0, 0.05) is 6.04 Å². The van der Waals surface area contributed by atoms with Crippen LogP contribution < -0.4 is 10.5 Å². The van der Waals surface area contributed by atoms with Gasteiger partial charge in [-0.3, -0.25) is 4.79 Å². The second-order valence-corrected chi connectivity index (χ2v) is 4.93. The van der Waals surface area contributed by atoms with Crippen molar-refractivity contribution in [1.82, 2.24) is 0 Å². The quantitative estimate of drug-likeness (QED) is 0.847. The summed E-state index contributed by atoms with van der Waals surface area (Å²) in [7, 11) is 1.38. The number of halogens is 1. The summed E-state index contributed by atoms with van der Waals surface area (Å²) in [6, 6.07) is 3.86. The van der Waals surface area contributed by atoms with Crippen molar-refractivity contribution in [2.24, 2.45) is 11.1 Å². The smallest absolute Gasteiger partial charge is 0.303 e.